The summed E-state index contributed by atoms with van der Waals surface area (Å²) in [6.45, 7) is 0.306. The normalized spacial score (nSPS) is 9.07. The average Bonchev–Trinajstić information content (AvgIpc) is 2.18. The van der Waals surface area contributed by atoms with Crippen LogP contribution in [0.3, 0.4) is 0 Å². The van der Waals surface area contributed by atoms with Crippen LogP contribution in [0.4, 0.5) is 0 Å². The van der Waals surface area contributed by atoms with Gasteiger partial charge in [-0.1, -0.05) is 0 Å². The number of hydrogen-bond acceptors (Lipinski definition) is 4. The fourth-order valence-electron chi connectivity index (χ4n) is 1.08. The summed E-state index contributed by atoms with van der Waals surface area (Å²) >= 11 is 0. The molecule has 0 aliphatic carbocycles. The van der Waals surface area contributed by atoms with E-state index in [1.165, 1.54) is 0 Å². The van der Waals surface area contributed by atoms with Crippen LogP contribution in [-0.2, 0) is 11.4 Å². The van der Waals surface area contributed by atoms with Gasteiger partial charge in [0.1, 0.15) is 11.5 Å². The zero-order valence-electron chi connectivity index (χ0n) is 8.15. The van der Waals surface area contributed by atoms with E-state index in [0.717, 1.165) is 17.1 Å². The molecular formula is C9H14ClNO3. The molecular weight excluding hydrogens is 206 g/mol. The van der Waals surface area contributed by atoms with Gasteiger partial charge in [0.2, 0.25) is 0 Å². The van der Waals surface area contributed by atoms with Gasteiger partial charge in [-0.3, -0.25) is 4.84 Å². The van der Waals surface area contributed by atoms with Crippen molar-refractivity contribution in [3.05, 3.63) is 23.8 Å². The summed E-state index contributed by atoms with van der Waals surface area (Å²) < 4.78 is 10.2. The predicted molar refractivity (Wildman–Crippen MR) is 55.8 cm³/mol. The zero-order chi connectivity index (χ0) is 9.68. The molecule has 0 fully saturated rings. The predicted octanol–water partition coefficient (Wildman–Crippen LogP) is 1.52. The minimum Gasteiger partial charge on any atom is -0.497 e. The van der Waals surface area contributed by atoms with E-state index in [1.807, 2.05) is 18.2 Å². The van der Waals surface area contributed by atoms with Crippen molar-refractivity contribution >= 4 is 12.4 Å². The summed E-state index contributed by atoms with van der Waals surface area (Å²) in [4.78, 5) is 4.53. The Morgan fingerprint density at radius 1 is 1.21 bits per heavy atom. The molecule has 0 saturated heterocycles. The summed E-state index contributed by atoms with van der Waals surface area (Å²) in [5.74, 6) is 6.48. The maximum Gasteiger partial charge on any atom is 0.124 e. The smallest absolute Gasteiger partial charge is 0.124 e. The quantitative estimate of drug-likeness (QED) is 0.781. The first-order valence-electron chi connectivity index (χ1n) is 3.84. The fraction of sp³-hybridized carbons (Fsp3) is 0.333. The van der Waals surface area contributed by atoms with Crippen LogP contribution in [0.25, 0.3) is 0 Å². The van der Waals surface area contributed by atoms with Crippen molar-refractivity contribution in [1.29, 1.82) is 0 Å². The molecule has 14 heavy (non-hydrogen) atoms. The van der Waals surface area contributed by atoms with Crippen molar-refractivity contribution in [2.75, 3.05) is 14.2 Å². The standard InChI is InChI=1S/C9H13NO3.ClH/c1-11-8-3-4-9(12-2)7(5-8)6-13-10;/h3-5H,6,10H2,1-2H3;1H. The van der Waals surface area contributed by atoms with Crippen LogP contribution in [0, 0.1) is 0 Å². The molecule has 1 aromatic rings. The second-order valence-electron chi connectivity index (χ2n) is 2.49. The monoisotopic (exact) mass is 219 g/mol. The Balaban J connectivity index is 0.00000169. The first kappa shape index (κ1) is 13.0. The Kier molecular flexibility index (Phi) is 6.03. The van der Waals surface area contributed by atoms with E-state index in [1.54, 1.807) is 14.2 Å². The molecule has 1 aromatic carbocycles. The summed E-state index contributed by atoms with van der Waals surface area (Å²) in [7, 11) is 3.21. The highest BCUT2D eigenvalue weighted by atomic mass is 35.5. The molecule has 0 atom stereocenters. The molecule has 0 radical (unpaired) electrons. The number of ether oxygens (including phenoxy) is 2. The van der Waals surface area contributed by atoms with Gasteiger partial charge in [0.05, 0.1) is 20.8 Å². The van der Waals surface area contributed by atoms with E-state index < -0.39 is 0 Å². The van der Waals surface area contributed by atoms with E-state index in [0.29, 0.717) is 6.61 Å². The maximum absolute atomic E-state index is 5.11. The summed E-state index contributed by atoms with van der Waals surface area (Å²) in [6.07, 6.45) is 0. The number of halogens is 1. The van der Waals surface area contributed by atoms with Gasteiger partial charge in [0, 0.05) is 5.56 Å². The van der Waals surface area contributed by atoms with Gasteiger partial charge in [-0.05, 0) is 18.2 Å². The molecule has 0 heterocycles. The molecule has 0 aliphatic rings. The Labute approximate surface area is 89.3 Å². The minimum absolute atomic E-state index is 0. The second kappa shape index (κ2) is 6.48. The molecule has 0 amide bonds. The van der Waals surface area contributed by atoms with E-state index >= 15 is 0 Å². The first-order chi connectivity index (χ1) is 6.31. The molecule has 5 heteroatoms. The third-order valence-corrected chi connectivity index (χ3v) is 1.73. The van der Waals surface area contributed by atoms with Crippen LogP contribution < -0.4 is 15.4 Å². The number of hydrogen-bond donors (Lipinski definition) is 1. The molecule has 0 aliphatic heterocycles. The third kappa shape index (κ3) is 3.06. The van der Waals surface area contributed by atoms with Crippen LogP contribution in [0.15, 0.2) is 18.2 Å². The van der Waals surface area contributed by atoms with Crippen LogP contribution in [-0.4, -0.2) is 14.2 Å². The molecule has 1 rings (SSSR count). The van der Waals surface area contributed by atoms with Crippen LogP contribution in [0.2, 0.25) is 0 Å². The highest BCUT2D eigenvalue weighted by molar-refractivity contribution is 5.85. The van der Waals surface area contributed by atoms with E-state index in [9.17, 15) is 0 Å². The highest BCUT2D eigenvalue weighted by Crippen LogP contribution is 2.23. The number of methoxy groups -OCH3 is 2. The minimum atomic E-state index is 0. The lowest BCUT2D eigenvalue weighted by Crippen LogP contribution is -2.01. The van der Waals surface area contributed by atoms with Gasteiger partial charge in [-0.25, -0.2) is 5.90 Å². The first-order valence-corrected chi connectivity index (χ1v) is 3.84. The Morgan fingerprint density at radius 2 is 1.93 bits per heavy atom. The van der Waals surface area contributed by atoms with Gasteiger partial charge in [0.25, 0.3) is 0 Å². The van der Waals surface area contributed by atoms with Crippen molar-refractivity contribution in [2.24, 2.45) is 5.90 Å². The van der Waals surface area contributed by atoms with Crippen molar-refractivity contribution in [1.82, 2.24) is 0 Å². The highest BCUT2D eigenvalue weighted by Gasteiger charge is 2.03. The van der Waals surface area contributed by atoms with Crippen molar-refractivity contribution in [3.63, 3.8) is 0 Å². The lowest BCUT2D eigenvalue weighted by atomic mass is 10.2. The average molecular weight is 220 g/mol. The van der Waals surface area contributed by atoms with Crippen molar-refractivity contribution < 1.29 is 14.3 Å². The largest absolute Gasteiger partial charge is 0.497 e. The van der Waals surface area contributed by atoms with Crippen molar-refractivity contribution in [3.8, 4) is 11.5 Å². The van der Waals surface area contributed by atoms with E-state index in [-0.39, 0.29) is 12.4 Å². The number of rotatable bonds is 4. The molecule has 0 spiro atoms. The van der Waals surface area contributed by atoms with Gasteiger partial charge in [-0.2, -0.15) is 0 Å². The Hall–Kier alpha value is -0.970. The Morgan fingerprint density at radius 3 is 2.43 bits per heavy atom. The molecule has 80 valence electrons. The number of nitrogens with two attached hydrogens (primary N) is 1. The van der Waals surface area contributed by atoms with Gasteiger partial charge in [0.15, 0.2) is 0 Å². The van der Waals surface area contributed by atoms with Gasteiger partial charge >= 0.3 is 0 Å². The fourth-order valence-corrected chi connectivity index (χ4v) is 1.08. The van der Waals surface area contributed by atoms with Gasteiger partial charge < -0.3 is 9.47 Å². The molecule has 0 unspecified atom stereocenters. The zero-order valence-corrected chi connectivity index (χ0v) is 8.97. The molecule has 0 saturated carbocycles. The van der Waals surface area contributed by atoms with Crippen LogP contribution >= 0.6 is 12.4 Å². The van der Waals surface area contributed by atoms with E-state index in [4.69, 9.17) is 15.4 Å². The van der Waals surface area contributed by atoms with Gasteiger partial charge in [-0.15, -0.1) is 12.4 Å². The second-order valence-corrected chi connectivity index (χ2v) is 2.49. The SMILES string of the molecule is COc1ccc(OC)c(CON)c1.Cl. The number of benzene rings is 1. The van der Waals surface area contributed by atoms with E-state index in [2.05, 4.69) is 4.84 Å². The lowest BCUT2D eigenvalue weighted by Gasteiger charge is -2.08. The molecule has 0 bridgehead atoms. The van der Waals surface area contributed by atoms with Crippen molar-refractivity contribution in [2.45, 2.75) is 6.61 Å². The molecule has 0 aromatic heterocycles. The van der Waals surface area contributed by atoms with Crippen LogP contribution in [0.5, 0.6) is 11.5 Å². The summed E-state index contributed by atoms with van der Waals surface area (Å²) in [6, 6.07) is 5.46. The Bertz CT molecular complexity index is 281. The molecule has 4 nitrogen and oxygen atoms in total. The van der Waals surface area contributed by atoms with Crippen LogP contribution in [0.1, 0.15) is 5.56 Å². The molecule has 2 N–H and O–H groups in total. The summed E-state index contributed by atoms with van der Waals surface area (Å²) in [5.41, 5.74) is 0.865. The lowest BCUT2D eigenvalue weighted by molar-refractivity contribution is 0.122. The maximum atomic E-state index is 5.11. The third-order valence-electron chi connectivity index (χ3n) is 1.73. The summed E-state index contributed by atoms with van der Waals surface area (Å²) in [5, 5.41) is 0. The topological polar surface area (TPSA) is 53.7 Å².